The molecule has 18 heavy (non-hydrogen) atoms. The van der Waals surface area contributed by atoms with Gasteiger partial charge in [-0.2, -0.15) is 13.2 Å². The Labute approximate surface area is 99.2 Å². The number of pyridine rings is 1. The number of fused-ring (bicyclic) bond motifs is 1. The summed E-state index contributed by atoms with van der Waals surface area (Å²) in [5.41, 5.74) is -1.18. The van der Waals surface area contributed by atoms with Crippen molar-refractivity contribution in [3.63, 3.8) is 0 Å². The third-order valence-electron chi connectivity index (χ3n) is 2.24. The topological polar surface area (TPSA) is 56.5 Å². The van der Waals surface area contributed by atoms with E-state index in [1.54, 1.807) is 6.92 Å². The van der Waals surface area contributed by atoms with Crippen LogP contribution in [0.1, 0.15) is 23.0 Å². The molecule has 8 heteroatoms. The van der Waals surface area contributed by atoms with Gasteiger partial charge in [0.05, 0.1) is 6.61 Å². The van der Waals surface area contributed by atoms with Gasteiger partial charge in [-0.15, -0.1) is 10.2 Å². The first-order valence-corrected chi connectivity index (χ1v) is 5.02. The molecule has 5 nitrogen and oxygen atoms in total. The number of aromatic nitrogens is 3. The number of halogens is 3. The van der Waals surface area contributed by atoms with E-state index in [-0.39, 0.29) is 17.8 Å². The first-order chi connectivity index (χ1) is 8.45. The molecule has 0 saturated carbocycles. The van der Waals surface area contributed by atoms with Crippen molar-refractivity contribution in [3.8, 4) is 0 Å². The van der Waals surface area contributed by atoms with E-state index in [1.807, 2.05) is 0 Å². The number of carbonyl (C=O) groups excluding carboxylic acids is 1. The molecule has 2 aromatic rings. The third kappa shape index (κ3) is 2.01. The molecule has 0 spiro atoms. The van der Waals surface area contributed by atoms with E-state index in [0.29, 0.717) is 4.40 Å². The lowest BCUT2D eigenvalue weighted by Gasteiger charge is -2.10. The smallest absolute Gasteiger partial charge is 0.431 e. The summed E-state index contributed by atoms with van der Waals surface area (Å²) in [4.78, 5) is 11.5. The van der Waals surface area contributed by atoms with E-state index in [4.69, 9.17) is 4.74 Å². The summed E-state index contributed by atoms with van der Waals surface area (Å²) in [5, 5.41) is 6.89. The lowest BCUT2D eigenvalue weighted by molar-refractivity contribution is -0.142. The summed E-state index contributed by atoms with van der Waals surface area (Å²) in [6, 6.07) is 1.83. The van der Waals surface area contributed by atoms with Gasteiger partial charge in [-0.05, 0) is 19.1 Å². The van der Waals surface area contributed by atoms with Gasteiger partial charge in [-0.25, -0.2) is 4.79 Å². The molecule has 0 fully saturated rings. The second-order valence-corrected chi connectivity index (χ2v) is 3.38. The maximum absolute atomic E-state index is 12.7. The van der Waals surface area contributed by atoms with Gasteiger partial charge >= 0.3 is 12.1 Å². The van der Waals surface area contributed by atoms with Gasteiger partial charge in [0.15, 0.2) is 5.65 Å². The van der Waals surface area contributed by atoms with Gasteiger partial charge in [0.2, 0.25) is 0 Å². The average Bonchev–Trinajstić information content (AvgIpc) is 2.74. The van der Waals surface area contributed by atoms with Gasteiger partial charge in [-0.3, -0.25) is 4.40 Å². The van der Waals surface area contributed by atoms with Crippen LogP contribution in [0.4, 0.5) is 13.2 Å². The molecule has 0 aliphatic rings. The molecule has 0 aliphatic carbocycles. The predicted molar refractivity (Wildman–Crippen MR) is 53.9 cm³/mol. The minimum atomic E-state index is -4.55. The Morgan fingerprint density at radius 3 is 2.78 bits per heavy atom. The molecule has 2 aromatic heterocycles. The fourth-order valence-corrected chi connectivity index (χ4v) is 1.51. The average molecular weight is 259 g/mol. The second-order valence-electron chi connectivity index (χ2n) is 3.38. The van der Waals surface area contributed by atoms with Crippen LogP contribution in [0.5, 0.6) is 0 Å². The highest BCUT2D eigenvalue weighted by Crippen LogP contribution is 2.30. The summed E-state index contributed by atoms with van der Waals surface area (Å²) in [7, 11) is 0. The van der Waals surface area contributed by atoms with Crippen LogP contribution in [0.25, 0.3) is 5.65 Å². The summed E-state index contributed by atoms with van der Waals surface area (Å²) in [6.07, 6.45) is -3.64. The Balaban J connectivity index is 2.61. The normalized spacial score (nSPS) is 11.8. The van der Waals surface area contributed by atoms with Crippen LogP contribution in [0.3, 0.4) is 0 Å². The maximum Gasteiger partial charge on any atom is 0.431 e. The van der Waals surface area contributed by atoms with Crippen LogP contribution in [-0.4, -0.2) is 27.2 Å². The SMILES string of the molecule is CCOC(=O)c1ccc(C(F)(F)F)n2cnnc12. The van der Waals surface area contributed by atoms with Crippen molar-refractivity contribution >= 4 is 11.6 Å². The number of rotatable bonds is 2. The largest absolute Gasteiger partial charge is 0.462 e. The van der Waals surface area contributed by atoms with Crippen LogP contribution in [0, 0.1) is 0 Å². The second kappa shape index (κ2) is 4.28. The molecule has 2 rings (SSSR count). The minimum absolute atomic E-state index is 0.0534. The summed E-state index contributed by atoms with van der Waals surface area (Å²) in [5.74, 6) is -0.732. The molecule has 0 aliphatic heterocycles. The zero-order valence-electron chi connectivity index (χ0n) is 9.23. The lowest BCUT2D eigenvalue weighted by atomic mass is 10.2. The highest BCUT2D eigenvalue weighted by molar-refractivity contribution is 5.95. The summed E-state index contributed by atoms with van der Waals surface area (Å²) in [6.45, 7) is 1.73. The molecule has 0 aromatic carbocycles. The molecule has 96 valence electrons. The molecular formula is C10H8F3N3O2. The Morgan fingerprint density at radius 2 is 2.17 bits per heavy atom. The fraction of sp³-hybridized carbons (Fsp3) is 0.300. The molecule has 2 heterocycles. The van der Waals surface area contributed by atoms with Crippen molar-refractivity contribution in [1.82, 2.24) is 14.6 Å². The van der Waals surface area contributed by atoms with Crippen molar-refractivity contribution in [1.29, 1.82) is 0 Å². The van der Waals surface area contributed by atoms with Crippen LogP contribution >= 0.6 is 0 Å². The molecular weight excluding hydrogens is 251 g/mol. The van der Waals surface area contributed by atoms with Gasteiger partial charge in [0.25, 0.3) is 0 Å². The van der Waals surface area contributed by atoms with Crippen molar-refractivity contribution in [3.05, 3.63) is 29.7 Å². The Bertz CT molecular complexity index is 592. The first kappa shape index (κ1) is 12.3. The van der Waals surface area contributed by atoms with Gasteiger partial charge < -0.3 is 4.74 Å². The standard InChI is InChI=1S/C10H8F3N3O2/c1-2-18-9(17)6-3-4-7(10(11,12)13)16-5-14-15-8(6)16/h3-5H,2H2,1H3. The first-order valence-electron chi connectivity index (χ1n) is 5.02. The van der Waals surface area contributed by atoms with Crippen molar-refractivity contribution in [2.24, 2.45) is 0 Å². The fourth-order valence-electron chi connectivity index (χ4n) is 1.51. The van der Waals surface area contributed by atoms with E-state index in [2.05, 4.69) is 10.2 Å². The number of nitrogens with zero attached hydrogens (tertiary/aromatic N) is 3. The monoisotopic (exact) mass is 259 g/mol. The molecule has 0 atom stereocenters. The molecule has 0 unspecified atom stereocenters. The van der Waals surface area contributed by atoms with Crippen LogP contribution in [-0.2, 0) is 10.9 Å². The molecule has 0 bridgehead atoms. The maximum atomic E-state index is 12.7. The summed E-state index contributed by atoms with van der Waals surface area (Å²) >= 11 is 0. The van der Waals surface area contributed by atoms with Crippen LogP contribution in [0.15, 0.2) is 18.5 Å². The van der Waals surface area contributed by atoms with Gasteiger partial charge in [0.1, 0.15) is 17.6 Å². The quantitative estimate of drug-likeness (QED) is 0.773. The van der Waals surface area contributed by atoms with E-state index in [0.717, 1.165) is 18.5 Å². The number of ether oxygens (including phenoxy) is 1. The Kier molecular flexibility index (Phi) is 2.93. The minimum Gasteiger partial charge on any atom is -0.462 e. The number of carbonyl (C=O) groups is 1. The van der Waals surface area contributed by atoms with E-state index in [9.17, 15) is 18.0 Å². The Hall–Kier alpha value is -2.12. The predicted octanol–water partition coefficient (Wildman–Crippen LogP) is 1.92. The molecule has 0 saturated heterocycles. The molecule has 0 N–H and O–H groups in total. The van der Waals surface area contributed by atoms with Crippen molar-refractivity contribution < 1.29 is 22.7 Å². The zero-order chi connectivity index (χ0) is 13.3. The lowest BCUT2D eigenvalue weighted by Crippen LogP contribution is -2.14. The Morgan fingerprint density at radius 1 is 1.44 bits per heavy atom. The molecule has 0 amide bonds. The highest BCUT2D eigenvalue weighted by atomic mass is 19.4. The third-order valence-corrected chi connectivity index (χ3v) is 2.24. The zero-order valence-corrected chi connectivity index (χ0v) is 9.23. The van der Waals surface area contributed by atoms with E-state index in [1.165, 1.54) is 0 Å². The van der Waals surface area contributed by atoms with E-state index < -0.39 is 17.8 Å². The van der Waals surface area contributed by atoms with Gasteiger partial charge in [0, 0.05) is 0 Å². The highest BCUT2D eigenvalue weighted by Gasteiger charge is 2.34. The number of alkyl halides is 3. The number of hydrogen-bond donors (Lipinski definition) is 0. The van der Waals surface area contributed by atoms with Gasteiger partial charge in [-0.1, -0.05) is 0 Å². The van der Waals surface area contributed by atoms with Crippen molar-refractivity contribution in [2.45, 2.75) is 13.1 Å². The number of hydrogen-bond acceptors (Lipinski definition) is 4. The van der Waals surface area contributed by atoms with Crippen LogP contribution in [0.2, 0.25) is 0 Å². The number of esters is 1. The van der Waals surface area contributed by atoms with Crippen molar-refractivity contribution in [2.75, 3.05) is 6.61 Å². The van der Waals surface area contributed by atoms with E-state index >= 15 is 0 Å². The summed E-state index contributed by atoms with van der Waals surface area (Å²) < 4.78 is 43.5. The van der Waals surface area contributed by atoms with Crippen LogP contribution < -0.4 is 0 Å². The molecule has 0 radical (unpaired) electrons.